The third-order valence-corrected chi connectivity index (χ3v) is 1.80. The number of aliphatic hydroxyl groups excluding tert-OH is 4. The summed E-state index contributed by atoms with van der Waals surface area (Å²) in [5.41, 5.74) is 0. The summed E-state index contributed by atoms with van der Waals surface area (Å²) < 4.78 is 4.46. The first-order chi connectivity index (χ1) is 7.43. The number of aliphatic carboxylic acids is 1. The van der Waals surface area contributed by atoms with Crippen LogP contribution in [0.3, 0.4) is 0 Å². The number of aldehydes is 1. The van der Waals surface area contributed by atoms with E-state index in [1.165, 1.54) is 0 Å². The molecule has 0 aromatic carbocycles. The van der Waals surface area contributed by atoms with Crippen molar-refractivity contribution in [2.75, 3.05) is 13.2 Å². The van der Waals surface area contributed by atoms with Crippen molar-refractivity contribution in [3.05, 3.63) is 0 Å². The molecule has 0 spiro atoms. The molecule has 8 nitrogen and oxygen atoms in total. The van der Waals surface area contributed by atoms with Crippen LogP contribution in [0.2, 0.25) is 0 Å². The Labute approximate surface area is 119 Å². The summed E-state index contributed by atoms with van der Waals surface area (Å²) in [6.45, 7) is -1.65. The second-order valence-electron chi connectivity index (χ2n) is 3.04. The molecular weight excluding hydrogens is 247 g/mol. The number of hydrogen-bond donors (Lipinski definition) is 5. The summed E-state index contributed by atoms with van der Waals surface area (Å²) in [6.07, 6.45) is -6.77. The van der Waals surface area contributed by atoms with E-state index in [4.69, 9.17) is 15.3 Å². The Morgan fingerprint density at radius 1 is 1.24 bits per heavy atom. The number of aliphatic hydroxyl groups is 4. The normalized spacial score (nSPS) is 17.4. The number of ether oxygens (including phenoxy) is 1. The van der Waals surface area contributed by atoms with Crippen LogP contribution in [0.4, 0.5) is 0 Å². The number of rotatable bonds is 8. The zero-order chi connectivity index (χ0) is 12.7. The van der Waals surface area contributed by atoms with Gasteiger partial charge in [0.05, 0.1) is 6.61 Å². The first-order valence-corrected chi connectivity index (χ1v) is 4.37. The van der Waals surface area contributed by atoms with Crippen LogP contribution < -0.4 is 0 Å². The van der Waals surface area contributed by atoms with E-state index in [9.17, 15) is 19.8 Å². The molecule has 0 radical (unpaired) electrons. The van der Waals surface area contributed by atoms with Gasteiger partial charge < -0.3 is 35.1 Å². The van der Waals surface area contributed by atoms with Crippen LogP contribution in [0.5, 0.6) is 0 Å². The van der Waals surface area contributed by atoms with Gasteiger partial charge in [-0.1, -0.05) is 0 Å². The van der Waals surface area contributed by atoms with E-state index in [1.807, 2.05) is 0 Å². The van der Waals surface area contributed by atoms with Gasteiger partial charge in [-0.2, -0.15) is 0 Å². The van der Waals surface area contributed by atoms with E-state index < -0.39 is 43.6 Å². The van der Waals surface area contributed by atoms with Crippen LogP contribution in [0.1, 0.15) is 0 Å². The molecule has 0 aliphatic heterocycles. The van der Waals surface area contributed by atoms with Gasteiger partial charge in [0.2, 0.25) is 0 Å². The van der Waals surface area contributed by atoms with Crippen molar-refractivity contribution in [3.8, 4) is 0 Å². The maximum absolute atomic E-state index is 10.4. The monoisotopic (exact) mass is 262 g/mol. The molecule has 0 bridgehead atoms. The summed E-state index contributed by atoms with van der Waals surface area (Å²) in [5, 5.41) is 44.2. The molecule has 0 saturated carbocycles. The molecule has 17 heavy (non-hydrogen) atoms. The molecule has 0 unspecified atom stereocenters. The molecule has 0 aromatic heterocycles. The molecule has 0 heterocycles. The molecule has 0 fully saturated rings. The maximum atomic E-state index is 10.4. The van der Waals surface area contributed by atoms with E-state index in [-0.39, 0.29) is 35.8 Å². The van der Waals surface area contributed by atoms with Crippen molar-refractivity contribution in [2.45, 2.75) is 24.4 Å². The van der Waals surface area contributed by atoms with Crippen LogP contribution in [0, 0.1) is 0 Å². The molecule has 4 atom stereocenters. The first-order valence-electron chi connectivity index (χ1n) is 4.37. The Hall–Kier alpha value is -0.0600. The average Bonchev–Trinajstić information content (AvgIpc) is 2.27. The average molecular weight is 262 g/mol. The molecule has 5 N–H and O–H groups in total. The predicted molar refractivity (Wildman–Crippen MR) is 55.7 cm³/mol. The summed E-state index contributed by atoms with van der Waals surface area (Å²) in [7, 11) is 0. The second kappa shape index (κ2) is 9.92. The van der Waals surface area contributed by atoms with Gasteiger partial charge in [0, 0.05) is 0 Å². The number of carboxylic acids is 1. The second-order valence-corrected chi connectivity index (χ2v) is 3.04. The quantitative estimate of drug-likeness (QED) is 0.220. The third kappa shape index (κ3) is 7.06. The van der Waals surface area contributed by atoms with Gasteiger partial charge in [-0.05, 0) is 0 Å². The fraction of sp³-hybridized carbons (Fsp3) is 0.750. The fourth-order valence-corrected chi connectivity index (χ4v) is 0.916. The van der Waals surface area contributed by atoms with E-state index >= 15 is 0 Å². The van der Waals surface area contributed by atoms with Crippen LogP contribution in [-0.4, -0.2) is 105 Å². The van der Waals surface area contributed by atoms with Crippen LogP contribution in [0.15, 0.2) is 0 Å². The first kappa shape index (κ1) is 19.3. The van der Waals surface area contributed by atoms with Crippen LogP contribution >= 0.6 is 0 Å². The van der Waals surface area contributed by atoms with Gasteiger partial charge in [-0.3, -0.25) is 0 Å². The van der Waals surface area contributed by atoms with E-state index in [2.05, 4.69) is 4.74 Å². The predicted octanol–water partition coefficient (Wildman–Crippen LogP) is -3.92. The summed E-state index contributed by atoms with van der Waals surface area (Å²) in [4.78, 5) is 20.6. The number of hydrogen-bond acceptors (Lipinski definition) is 7. The van der Waals surface area contributed by atoms with E-state index in [0.29, 0.717) is 0 Å². The zero-order valence-corrected chi connectivity index (χ0v) is 8.26. The molecule has 0 saturated heterocycles. The van der Waals surface area contributed by atoms with Gasteiger partial charge in [0.1, 0.15) is 31.0 Å². The minimum atomic E-state index is -1.82. The number of carboxylic acid groups (broad SMARTS) is 1. The molecule has 0 aliphatic carbocycles. The van der Waals surface area contributed by atoms with Gasteiger partial charge in [0.25, 0.3) is 0 Å². The van der Waals surface area contributed by atoms with Gasteiger partial charge in [0.15, 0.2) is 6.29 Å². The van der Waals surface area contributed by atoms with Crippen molar-refractivity contribution in [1.82, 2.24) is 0 Å². The summed E-state index contributed by atoms with van der Waals surface area (Å²) >= 11 is 0. The van der Waals surface area contributed by atoms with Crippen LogP contribution in [-0.2, 0) is 14.3 Å². The van der Waals surface area contributed by atoms with Gasteiger partial charge in [-0.15, -0.1) is 0 Å². The Kier molecular flexibility index (Phi) is 11.3. The van der Waals surface area contributed by atoms with Crippen LogP contribution in [0.25, 0.3) is 0 Å². The minimum absolute atomic E-state index is 0. The van der Waals surface area contributed by atoms with Gasteiger partial charge in [-0.25, -0.2) is 4.79 Å². The summed E-state index contributed by atoms with van der Waals surface area (Å²) in [5.74, 6) is -1.35. The fourth-order valence-electron chi connectivity index (χ4n) is 0.916. The van der Waals surface area contributed by atoms with E-state index in [1.54, 1.807) is 0 Å². The Balaban J connectivity index is 0. The van der Waals surface area contributed by atoms with Crippen molar-refractivity contribution in [1.29, 1.82) is 0 Å². The van der Waals surface area contributed by atoms with Crippen molar-refractivity contribution in [2.24, 2.45) is 0 Å². The van der Waals surface area contributed by atoms with Gasteiger partial charge >= 0.3 is 35.5 Å². The number of carbonyl (C=O) groups excluding carboxylic acids is 1. The zero-order valence-electron chi connectivity index (χ0n) is 8.26. The topological polar surface area (TPSA) is 145 Å². The van der Waals surface area contributed by atoms with Crippen molar-refractivity contribution < 1.29 is 39.9 Å². The van der Waals surface area contributed by atoms with Crippen molar-refractivity contribution in [3.63, 3.8) is 0 Å². The standard InChI is InChI=1S/C8H14O8.Na.H/c9-1-4(11)7(14)8(15)5(2-10)16-3-6(12)13;;/h2,4-5,7-9,11,14-15H,1,3H2,(H,12,13);;/t4-,5+,7-,8-;;/m1../s1. The van der Waals surface area contributed by atoms with E-state index in [0.717, 1.165) is 0 Å². The molecular formula is C8H15NaO8. The number of carbonyl (C=O) groups is 2. The molecule has 0 rings (SSSR count). The Morgan fingerprint density at radius 2 is 1.76 bits per heavy atom. The molecule has 9 heteroatoms. The molecule has 0 aliphatic rings. The Bertz CT molecular complexity index is 236. The molecule has 0 amide bonds. The SMILES string of the molecule is O=C[C@H](OCC(=O)O)[C@@H](O)[C@H](O)[C@H](O)CO.[NaH]. The van der Waals surface area contributed by atoms with Crippen molar-refractivity contribution >= 4 is 41.8 Å². The molecule has 0 aromatic rings. The molecule has 96 valence electrons. The Morgan fingerprint density at radius 3 is 2.12 bits per heavy atom. The third-order valence-electron chi connectivity index (χ3n) is 1.80. The summed E-state index contributed by atoms with van der Waals surface area (Å²) in [6, 6.07) is 0.